The molecule has 1 aliphatic heterocycles. The third-order valence-corrected chi connectivity index (χ3v) is 3.43. The van der Waals surface area contributed by atoms with E-state index in [2.05, 4.69) is 15.6 Å². The van der Waals surface area contributed by atoms with Crippen molar-refractivity contribution in [2.75, 3.05) is 18.7 Å². The van der Waals surface area contributed by atoms with Gasteiger partial charge in [0, 0.05) is 30.7 Å². The van der Waals surface area contributed by atoms with Gasteiger partial charge in [-0.3, -0.25) is 14.6 Å². The summed E-state index contributed by atoms with van der Waals surface area (Å²) in [6, 6.07) is 6.65. The maximum absolute atomic E-state index is 12.3. The molecule has 24 heavy (non-hydrogen) atoms. The predicted molar refractivity (Wildman–Crippen MR) is 87.4 cm³/mol. The Bertz CT molecular complexity index is 776. The third kappa shape index (κ3) is 3.45. The Balaban J connectivity index is 1.72. The Morgan fingerprint density at radius 1 is 1.08 bits per heavy atom. The second kappa shape index (κ2) is 6.99. The molecule has 0 spiro atoms. The first-order valence-electron chi connectivity index (χ1n) is 7.61. The van der Waals surface area contributed by atoms with Crippen LogP contribution in [0.4, 0.5) is 5.69 Å². The molecule has 2 amide bonds. The van der Waals surface area contributed by atoms with Crippen LogP contribution in [0.2, 0.25) is 0 Å². The van der Waals surface area contributed by atoms with E-state index in [9.17, 15) is 9.59 Å². The van der Waals surface area contributed by atoms with Crippen molar-refractivity contribution in [3.63, 3.8) is 0 Å². The molecule has 0 saturated carbocycles. The molecule has 1 aliphatic rings. The number of pyridine rings is 1. The summed E-state index contributed by atoms with van der Waals surface area (Å²) in [4.78, 5) is 28.3. The fraction of sp³-hybridized carbons (Fsp3) is 0.235. The van der Waals surface area contributed by atoms with E-state index in [0.717, 1.165) is 6.42 Å². The molecule has 2 N–H and O–H groups in total. The summed E-state index contributed by atoms with van der Waals surface area (Å²) in [6.07, 6.45) is 3.69. The van der Waals surface area contributed by atoms with Gasteiger partial charge in [-0.2, -0.15) is 0 Å². The van der Waals surface area contributed by atoms with Crippen molar-refractivity contribution in [3.05, 3.63) is 47.8 Å². The molecule has 0 atom stereocenters. The molecule has 0 aliphatic carbocycles. The highest BCUT2D eigenvalue weighted by atomic mass is 16.7. The summed E-state index contributed by atoms with van der Waals surface area (Å²) in [7, 11) is 0. The lowest BCUT2D eigenvalue weighted by molar-refractivity contribution is 0.0953. The van der Waals surface area contributed by atoms with Crippen molar-refractivity contribution in [2.24, 2.45) is 0 Å². The van der Waals surface area contributed by atoms with Crippen LogP contribution in [0.15, 0.2) is 36.7 Å². The first kappa shape index (κ1) is 15.8. The van der Waals surface area contributed by atoms with Gasteiger partial charge in [-0.1, -0.05) is 6.92 Å². The Morgan fingerprint density at radius 2 is 1.83 bits per heavy atom. The fourth-order valence-corrected chi connectivity index (χ4v) is 2.21. The van der Waals surface area contributed by atoms with Gasteiger partial charge in [0.1, 0.15) is 0 Å². The summed E-state index contributed by atoms with van der Waals surface area (Å²) in [5, 5.41) is 5.50. The van der Waals surface area contributed by atoms with Crippen LogP contribution in [0.1, 0.15) is 34.1 Å². The van der Waals surface area contributed by atoms with Gasteiger partial charge in [-0.25, -0.2) is 0 Å². The van der Waals surface area contributed by atoms with Gasteiger partial charge < -0.3 is 20.1 Å². The number of benzene rings is 1. The van der Waals surface area contributed by atoms with Crippen LogP contribution in [-0.2, 0) is 0 Å². The number of rotatable bonds is 5. The molecule has 124 valence electrons. The Hall–Kier alpha value is -3.09. The van der Waals surface area contributed by atoms with Crippen molar-refractivity contribution in [3.8, 4) is 11.5 Å². The third-order valence-electron chi connectivity index (χ3n) is 3.43. The van der Waals surface area contributed by atoms with E-state index in [4.69, 9.17) is 9.47 Å². The number of ether oxygens (including phenoxy) is 2. The number of nitrogens with one attached hydrogen (secondary N) is 2. The Kier molecular flexibility index (Phi) is 4.60. The fourth-order valence-electron chi connectivity index (χ4n) is 2.21. The minimum absolute atomic E-state index is 0.172. The van der Waals surface area contributed by atoms with Crippen LogP contribution < -0.4 is 20.1 Å². The van der Waals surface area contributed by atoms with E-state index in [1.807, 2.05) is 6.92 Å². The number of anilines is 1. The van der Waals surface area contributed by atoms with E-state index < -0.39 is 0 Å². The monoisotopic (exact) mass is 327 g/mol. The minimum Gasteiger partial charge on any atom is -0.454 e. The number of amides is 2. The topological polar surface area (TPSA) is 89.6 Å². The quantitative estimate of drug-likeness (QED) is 0.879. The maximum Gasteiger partial charge on any atom is 0.257 e. The van der Waals surface area contributed by atoms with Crippen LogP contribution in [0.25, 0.3) is 0 Å². The first-order valence-corrected chi connectivity index (χ1v) is 7.61. The van der Waals surface area contributed by atoms with Crippen molar-refractivity contribution in [2.45, 2.75) is 13.3 Å². The zero-order valence-electron chi connectivity index (χ0n) is 13.2. The number of aromatic nitrogens is 1. The van der Waals surface area contributed by atoms with E-state index in [0.29, 0.717) is 34.9 Å². The van der Waals surface area contributed by atoms with E-state index in [-0.39, 0.29) is 18.6 Å². The van der Waals surface area contributed by atoms with Crippen LogP contribution in [0.3, 0.4) is 0 Å². The highest BCUT2D eigenvalue weighted by Crippen LogP contribution is 2.34. The van der Waals surface area contributed by atoms with E-state index >= 15 is 0 Å². The lowest BCUT2D eigenvalue weighted by Gasteiger charge is -2.08. The molecule has 7 nitrogen and oxygen atoms in total. The highest BCUT2D eigenvalue weighted by molar-refractivity contribution is 6.06. The average molecular weight is 327 g/mol. The van der Waals surface area contributed by atoms with Gasteiger partial charge in [0.25, 0.3) is 11.8 Å². The summed E-state index contributed by atoms with van der Waals surface area (Å²) in [5.41, 5.74) is 1.23. The SMILES string of the molecule is CCCNC(=O)c1cncc(C(=O)Nc2ccc3c(c2)OCO3)c1. The minimum atomic E-state index is -0.355. The molecule has 1 aromatic heterocycles. The standard InChI is InChI=1S/C17H17N3O4/c1-2-5-19-16(21)11-6-12(9-18-8-11)17(22)20-13-3-4-14-15(7-13)24-10-23-14/h3-4,6-9H,2,5,10H2,1H3,(H,19,21)(H,20,22). The Labute approximate surface area is 139 Å². The molecule has 0 saturated heterocycles. The number of nitrogens with zero attached hydrogens (tertiary/aromatic N) is 1. The van der Waals surface area contributed by atoms with Gasteiger partial charge in [-0.05, 0) is 24.6 Å². The molecular weight excluding hydrogens is 310 g/mol. The van der Waals surface area contributed by atoms with Gasteiger partial charge in [0.15, 0.2) is 11.5 Å². The molecule has 0 radical (unpaired) electrons. The zero-order valence-corrected chi connectivity index (χ0v) is 13.2. The van der Waals surface area contributed by atoms with Crippen molar-refractivity contribution >= 4 is 17.5 Å². The molecule has 2 aromatic rings. The second-order valence-electron chi connectivity index (χ2n) is 5.24. The van der Waals surface area contributed by atoms with Gasteiger partial charge >= 0.3 is 0 Å². The molecule has 2 heterocycles. The summed E-state index contributed by atoms with van der Waals surface area (Å²) in [6.45, 7) is 2.71. The second-order valence-corrected chi connectivity index (χ2v) is 5.24. The first-order chi connectivity index (χ1) is 11.7. The zero-order chi connectivity index (χ0) is 16.9. The average Bonchev–Trinajstić information content (AvgIpc) is 3.07. The molecule has 0 unspecified atom stereocenters. The predicted octanol–water partition coefficient (Wildman–Crippen LogP) is 2.20. The number of fused-ring (bicyclic) bond motifs is 1. The van der Waals surface area contributed by atoms with Crippen LogP contribution in [0, 0.1) is 0 Å². The van der Waals surface area contributed by atoms with Crippen molar-refractivity contribution < 1.29 is 19.1 Å². The smallest absolute Gasteiger partial charge is 0.257 e. The Morgan fingerprint density at radius 3 is 2.62 bits per heavy atom. The maximum atomic E-state index is 12.3. The van der Waals surface area contributed by atoms with Crippen molar-refractivity contribution in [1.82, 2.24) is 10.3 Å². The largest absolute Gasteiger partial charge is 0.454 e. The summed E-state index contributed by atoms with van der Waals surface area (Å²) >= 11 is 0. The van der Waals surface area contributed by atoms with E-state index in [1.165, 1.54) is 18.5 Å². The molecule has 7 heteroatoms. The summed E-state index contributed by atoms with van der Waals surface area (Å²) < 4.78 is 10.5. The van der Waals surface area contributed by atoms with Gasteiger partial charge in [0.05, 0.1) is 11.1 Å². The molecule has 0 bridgehead atoms. The molecular formula is C17H17N3O4. The molecule has 1 aromatic carbocycles. The lowest BCUT2D eigenvalue weighted by atomic mass is 10.1. The van der Waals surface area contributed by atoms with Gasteiger partial charge in [-0.15, -0.1) is 0 Å². The number of hydrogen-bond donors (Lipinski definition) is 2. The van der Waals surface area contributed by atoms with Crippen molar-refractivity contribution in [1.29, 1.82) is 0 Å². The van der Waals surface area contributed by atoms with Gasteiger partial charge in [0.2, 0.25) is 6.79 Å². The van der Waals surface area contributed by atoms with Crippen LogP contribution >= 0.6 is 0 Å². The highest BCUT2D eigenvalue weighted by Gasteiger charge is 2.15. The lowest BCUT2D eigenvalue weighted by Crippen LogP contribution is -2.24. The summed E-state index contributed by atoms with van der Waals surface area (Å²) in [5.74, 6) is 0.622. The normalized spacial score (nSPS) is 11.9. The number of carbonyl (C=O) groups excluding carboxylic acids is 2. The van der Waals surface area contributed by atoms with E-state index in [1.54, 1.807) is 18.2 Å². The molecule has 3 rings (SSSR count). The number of hydrogen-bond acceptors (Lipinski definition) is 5. The molecule has 0 fully saturated rings. The number of carbonyl (C=O) groups is 2. The van der Waals surface area contributed by atoms with Crippen LogP contribution in [0.5, 0.6) is 11.5 Å². The van der Waals surface area contributed by atoms with Crippen LogP contribution in [-0.4, -0.2) is 30.1 Å².